The maximum absolute atomic E-state index is 12.6. The number of piperidine rings is 1. The minimum Gasteiger partial charge on any atom is -0.342 e. The van der Waals surface area contributed by atoms with E-state index in [0.29, 0.717) is 12.3 Å². The van der Waals surface area contributed by atoms with Crippen molar-refractivity contribution in [2.75, 3.05) is 13.1 Å². The number of aromatic amines is 1. The third-order valence-corrected chi connectivity index (χ3v) is 4.99. The summed E-state index contributed by atoms with van der Waals surface area (Å²) in [6.45, 7) is 1.50. The molecule has 26 heavy (non-hydrogen) atoms. The normalized spacial score (nSPS) is 15.2. The summed E-state index contributed by atoms with van der Waals surface area (Å²) >= 11 is 0. The monoisotopic (exact) mass is 347 g/mol. The summed E-state index contributed by atoms with van der Waals surface area (Å²) in [7, 11) is 0. The number of aromatic nitrogens is 4. The molecular weight excluding hydrogens is 326 g/mol. The van der Waals surface area contributed by atoms with Gasteiger partial charge in [-0.2, -0.15) is 5.21 Å². The average Bonchev–Trinajstić information content (AvgIpc) is 3.24. The molecule has 1 fully saturated rings. The SMILES string of the molecule is O=C(Cc1ccc(-c2ccccc2)cc1)N1CCC(c2nn[nH]n2)CC1. The van der Waals surface area contributed by atoms with E-state index in [2.05, 4.69) is 44.9 Å². The highest BCUT2D eigenvalue weighted by atomic mass is 16.2. The molecule has 0 bridgehead atoms. The molecule has 0 saturated carbocycles. The number of nitrogens with zero attached hydrogens (tertiary/aromatic N) is 4. The Bertz CT molecular complexity index is 838. The number of likely N-dealkylation sites (tertiary alicyclic amines) is 1. The zero-order valence-corrected chi connectivity index (χ0v) is 14.5. The molecule has 0 aliphatic carbocycles. The summed E-state index contributed by atoms with van der Waals surface area (Å²) in [5, 5.41) is 14.2. The quantitative estimate of drug-likeness (QED) is 0.787. The van der Waals surface area contributed by atoms with Crippen molar-refractivity contribution in [1.29, 1.82) is 0 Å². The van der Waals surface area contributed by atoms with Crippen molar-refractivity contribution in [3.8, 4) is 11.1 Å². The van der Waals surface area contributed by atoms with Crippen molar-refractivity contribution >= 4 is 5.91 Å². The van der Waals surface area contributed by atoms with Gasteiger partial charge in [0, 0.05) is 19.0 Å². The smallest absolute Gasteiger partial charge is 0.226 e. The molecule has 6 nitrogen and oxygen atoms in total. The molecule has 4 rings (SSSR count). The maximum Gasteiger partial charge on any atom is 0.226 e. The number of carbonyl (C=O) groups is 1. The Balaban J connectivity index is 1.34. The zero-order chi connectivity index (χ0) is 17.8. The topological polar surface area (TPSA) is 74.8 Å². The molecule has 6 heteroatoms. The molecule has 1 aliphatic heterocycles. The molecular formula is C20H21N5O. The summed E-state index contributed by atoms with van der Waals surface area (Å²) < 4.78 is 0. The van der Waals surface area contributed by atoms with Gasteiger partial charge in [0.25, 0.3) is 0 Å². The number of H-pyrrole nitrogens is 1. The van der Waals surface area contributed by atoms with E-state index in [0.717, 1.165) is 37.3 Å². The number of carbonyl (C=O) groups excluding carboxylic acids is 1. The summed E-state index contributed by atoms with van der Waals surface area (Å²) in [5.41, 5.74) is 3.41. The number of tetrazole rings is 1. The lowest BCUT2D eigenvalue weighted by molar-refractivity contribution is -0.131. The molecule has 0 spiro atoms. The number of benzene rings is 2. The van der Waals surface area contributed by atoms with Crippen molar-refractivity contribution in [2.24, 2.45) is 0 Å². The lowest BCUT2D eigenvalue weighted by atomic mass is 9.95. The highest BCUT2D eigenvalue weighted by molar-refractivity contribution is 5.79. The second-order valence-corrected chi connectivity index (χ2v) is 6.66. The molecule has 1 N–H and O–H groups in total. The Labute approximate surface area is 152 Å². The van der Waals surface area contributed by atoms with Gasteiger partial charge >= 0.3 is 0 Å². The molecule has 1 saturated heterocycles. The van der Waals surface area contributed by atoms with Crippen molar-refractivity contribution in [3.05, 3.63) is 66.0 Å². The van der Waals surface area contributed by atoms with Crippen LogP contribution in [-0.2, 0) is 11.2 Å². The van der Waals surface area contributed by atoms with Gasteiger partial charge in [-0.05, 0) is 29.5 Å². The van der Waals surface area contributed by atoms with Crippen molar-refractivity contribution < 1.29 is 4.79 Å². The van der Waals surface area contributed by atoms with Crippen LogP contribution in [0.3, 0.4) is 0 Å². The molecule has 0 unspecified atom stereocenters. The third kappa shape index (κ3) is 3.64. The van der Waals surface area contributed by atoms with E-state index in [9.17, 15) is 4.79 Å². The molecule has 0 atom stereocenters. The summed E-state index contributed by atoms with van der Waals surface area (Å²) in [5.74, 6) is 1.24. The Morgan fingerprint density at radius 1 is 1.00 bits per heavy atom. The van der Waals surface area contributed by atoms with Crippen LogP contribution in [0.4, 0.5) is 0 Å². The number of hydrogen-bond donors (Lipinski definition) is 1. The van der Waals surface area contributed by atoms with E-state index < -0.39 is 0 Å². The molecule has 1 aliphatic rings. The van der Waals surface area contributed by atoms with Gasteiger partial charge < -0.3 is 4.90 Å². The molecule has 1 amide bonds. The number of hydrogen-bond acceptors (Lipinski definition) is 4. The summed E-state index contributed by atoms with van der Waals surface area (Å²) in [4.78, 5) is 14.5. The predicted molar refractivity (Wildman–Crippen MR) is 98.3 cm³/mol. The second-order valence-electron chi connectivity index (χ2n) is 6.66. The molecule has 2 heterocycles. The highest BCUT2D eigenvalue weighted by Gasteiger charge is 2.26. The Hall–Kier alpha value is -3.02. The van der Waals surface area contributed by atoms with Gasteiger partial charge in [0.15, 0.2) is 5.82 Å². The Morgan fingerprint density at radius 2 is 1.69 bits per heavy atom. The van der Waals surface area contributed by atoms with Gasteiger partial charge in [-0.15, -0.1) is 10.2 Å². The molecule has 2 aromatic carbocycles. The third-order valence-electron chi connectivity index (χ3n) is 4.99. The van der Waals surface area contributed by atoms with E-state index in [1.807, 2.05) is 35.2 Å². The Kier molecular flexibility index (Phi) is 4.73. The van der Waals surface area contributed by atoms with Gasteiger partial charge in [-0.25, -0.2) is 0 Å². The predicted octanol–water partition coefficient (Wildman–Crippen LogP) is 2.82. The van der Waals surface area contributed by atoms with E-state index in [-0.39, 0.29) is 5.91 Å². The average molecular weight is 347 g/mol. The van der Waals surface area contributed by atoms with Crippen LogP contribution in [-0.4, -0.2) is 44.5 Å². The molecule has 132 valence electrons. The van der Waals surface area contributed by atoms with E-state index in [1.165, 1.54) is 11.1 Å². The van der Waals surface area contributed by atoms with Crippen LogP contribution in [0.5, 0.6) is 0 Å². The van der Waals surface area contributed by atoms with Crippen LogP contribution in [0.1, 0.15) is 30.1 Å². The van der Waals surface area contributed by atoms with Crippen LogP contribution < -0.4 is 0 Å². The summed E-state index contributed by atoms with van der Waals surface area (Å²) in [6.07, 6.45) is 2.22. The first-order chi connectivity index (χ1) is 12.8. The fraction of sp³-hybridized carbons (Fsp3) is 0.300. The van der Waals surface area contributed by atoms with E-state index in [4.69, 9.17) is 0 Å². The van der Waals surface area contributed by atoms with Crippen LogP contribution in [0, 0.1) is 0 Å². The van der Waals surface area contributed by atoms with Gasteiger partial charge in [0.05, 0.1) is 6.42 Å². The van der Waals surface area contributed by atoms with E-state index in [1.54, 1.807) is 0 Å². The van der Waals surface area contributed by atoms with Gasteiger partial charge in [-0.1, -0.05) is 59.8 Å². The van der Waals surface area contributed by atoms with Crippen molar-refractivity contribution in [3.63, 3.8) is 0 Å². The first kappa shape index (κ1) is 16.4. The molecule has 3 aromatic rings. The maximum atomic E-state index is 12.6. The van der Waals surface area contributed by atoms with Gasteiger partial charge in [0.2, 0.25) is 5.91 Å². The van der Waals surface area contributed by atoms with Crippen LogP contribution in [0.15, 0.2) is 54.6 Å². The largest absolute Gasteiger partial charge is 0.342 e. The fourth-order valence-electron chi connectivity index (χ4n) is 3.46. The second kappa shape index (κ2) is 7.47. The lowest BCUT2D eigenvalue weighted by Gasteiger charge is -2.30. The molecule has 0 radical (unpaired) electrons. The number of amides is 1. The van der Waals surface area contributed by atoms with Crippen molar-refractivity contribution in [2.45, 2.75) is 25.2 Å². The minimum absolute atomic E-state index is 0.184. The van der Waals surface area contributed by atoms with Crippen LogP contribution in [0.2, 0.25) is 0 Å². The first-order valence-corrected chi connectivity index (χ1v) is 8.95. The fourth-order valence-corrected chi connectivity index (χ4v) is 3.46. The highest BCUT2D eigenvalue weighted by Crippen LogP contribution is 2.25. The lowest BCUT2D eigenvalue weighted by Crippen LogP contribution is -2.39. The Morgan fingerprint density at radius 3 is 2.35 bits per heavy atom. The zero-order valence-electron chi connectivity index (χ0n) is 14.5. The standard InChI is InChI=1S/C20H21N5O/c26-19(25-12-10-18(11-13-25)20-21-23-24-22-20)14-15-6-8-17(9-7-15)16-4-2-1-3-5-16/h1-9,18H,10-14H2,(H,21,22,23,24). The van der Waals surface area contributed by atoms with Crippen molar-refractivity contribution in [1.82, 2.24) is 25.5 Å². The number of nitrogens with one attached hydrogen (secondary N) is 1. The van der Waals surface area contributed by atoms with Crippen LogP contribution in [0.25, 0.3) is 11.1 Å². The first-order valence-electron chi connectivity index (χ1n) is 8.95. The van der Waals surface area contributed by atoms with Gasteiger partial charge in [-0.3, -0.25) is 4.79 Å². The minimum atomic E-state index is 0.184. The molecule has 1 aromatic heterocycles. The van der Waals surface area contributed by atoms with E-state index >= 15 is 0 Å². The summed E-state index contributed by atoms with van der Waals surface area (Å²) in [6, 6.07) is 18.5. The van der Waals surface area contributed by atoms with Gasteiger partial charge in [0.1, 0.15) is 0 Å². The van der Waals surface area contributed by atoms with Crippen LogP contribution >= 0.6 is 0 Å². The number of rotatable bonds is 4.